The van der Waals surface area contributed by atoms with E-state index < -0.39 is 0 Å². The third-order valence-corrected chi connectivity index (χ3v) is 1.81. The van der Waals surface area contributed by atoms with Gasteiger partial charge in [0.15, 0.2) is 0 Å². The Kier molecular flexibility index (Phi) is 2.51. The first-order valence-electron chi connectivity index (χ1n) is 4.43. The third-order valence-electron chi connectivity index (χ3n) is 1.81. The maximum atomic E-state index is 5.38. The molecule has 0 amide bonds. The number of benzene rings is 1. The lowest BCUT2D eigenvalue weighted by atomic mass is 10.2. The van der Waals surface area contributed by atoms with Crippen LogP contribution >= 0.6 is 0 Å². The summed E-state index contributed by atoms with van der Waals surface area (Å²) < 4.78 is 0. The molecule has 5 nitrogen and oxygen atoms in total. The van der Waals surface area contributed by atoms with Gasteiger partial charge in [0.05, 0.1) is 6.54 Å². The summed E-state index contributed by atoms with van der Waals surface area (Å²) in [5.41, 5.74) is 6.35. The van der Waals surface area contributed by atoms with Gasteiger partial charge in [0.25, 0.3) is 0 Å². The molecule has 0 radical (unpaired) electrons. The summed E-state index contributed by atoms with van der Waals surface area (Å²) in [5, 5.41) is 12.0. The molecule has 0 aliphatic heterocycles. The standard InChI is InChI=1S/C9H11N5/c10-6-7-14-12-9(11-13-14)8-4-2-1-3-5-8/h1-5H,6-7,10H2. The molecule has 0 spiro atoms. The molecule has 0 bridgehead atoms. The topological polar surface area (TPSA) is 69.6 Å². The van der Waals surface area contributed by atoms with Crippen molar-refractivity contribution < 1.29 is 0 Å². The van der Waals surface area contributed by atoms with Crippen LogP contribution in [0.5, 0.6) is 0 Å². The first kappa shape index (κ1) is 8.83. The maximum Gasteiger partial charge on any atom is 0.204 e. The molecule has 0 saturated carbocycles. The molecular formula is C9H11N5. The van der Waals surface area contributed by atoms with Crippen LogP contribution in [0.4, 0.5) is 0 Å². The predicted molar refractivity (Wildman–Crippen MR) is 52.3 cm³/mol. The van der Waals surface area contributed by atoms with E-state index in [1.54, 1.807) is 0 Å². The van der Waals surface area contributed by atoms with E-state index in [9.17, 15) is 0 Å². The summed E-state index contributed by atoms with van der Waals surface area (Å²) in [6.07, 6.45) is 0. The fourth-order valence-corrected chi connectivity index (χ4v) is 1.16. The summed E-state index contributed by atoms with van der Waals surface area (Å²) in [4.78, 5) is 1.50. The van der Waals surface area contributed by atoms with Crippen LogP contribution < -0.4 is 5.73 Å². The minimum atomic E-state index is 0.518. The third kappa shape index (κ3) is 1.77. The number of aromatic nitrogens is 4. The van der Waals surface area contributed by atoms with Crippen molar-refractivity contribution in [3.63, 3.8) is 0 Å². The Morgan fingerprint density at radius 1 is 1.21 bits per heavy atom. The zero-order valence-corrected chi connectivity index (χ0v) is 7.67. The van der Waals surface area contributed by atoms with E-state index in [-0.39, 0.29) is 0 Å². The zero-order valence-electron chi connectivity index (χ0n) is 7.67. The van der Waals surface area contributed by atoms with Gasteiger partial charge in [-0.2, -0.15) is 4.80 Å². The molecule has 0 fully saturated rings. The first-order valence-corrected chi connectivity index (χ1v) is 4.43. The lowest BCUT2D eigenvalue weighted by molar-refractivity contribution is 0.531. The van der Waals surface area contributed by atoms with Gasteiger partial charge in [-0.05, 0) is 5.21 Å². The molecular weight excluding hydrogens is 178 g/mol. The van der Waals surface area contributed by atoms with E-state index in [1.165, 1.54) is 4.80 Å². The molecule has 0 atom stereocenters. The van der Waals surface area contributed by atoms with Crippen LogP contribution in [0.25, 0.3) is 11.4 Å². The van der Waals surface area contributed by atoms with Crippen molar-refractivity contribution in [2.45, 2.75) is 6.54 Å². The van der Waals surface area contributed by atoms with Crippen LogP contribution in [0.2, 0.25) is 0 Å². The molecule has 0 aliphatic carbocycles. The molecule has 72 valence electrons. The van der Waals surface area contributed by atoms with Crippen LogP contribution in [0.3, 0.4) is 0 Å². The number of hydrogen-bond acceptors (Lipinski definition) is 4. The van der Waals surface area contributed by atoms with Gasteiger partial charge in [0.1, 0.15) is 0 Å². The maximum absolute atomic E-state index is 5.38. The lowest BCUT2D eigenvalue weighted by Gasteiger charge is -1.92. The quantitative estimate of drug-likeness (QED) is 0.753. The van der Waals surface area contributed by atoms with E-state index in [0.717, 1.165) is 5.56 Å². The van der Waals surface area contributed by atoms with Crippen molar-refractivity contribution in [1.29, 1.82) is 0 Å². The number of nitrogens with two attached hydrogens (primary N) is 1. The number of rotatable bonds is 3. The second-order valence-corrected chi connectivity index (χ2v) is 2.86. The fourth-order valence-electron chi connectivity index (χ4n) is 1.16. The Labute approximate surface area is 81.5 Å². The van der Waals surface area contributed by atoms with Crippen molar-refractivity contribution >= 4 is 0 Å². The van der Waals surface area contributed by atoms with E-state index in [2.05, 4.69) is 15.4 Å². The summed E-state index contributed by atoms with van der Waals surface area (Å²) in [6, 6.07) is 9.74. The van der Waals surface area contributed by atoms with Crippen LogP contribution in [0.15, 0.2) is 30.3 Å². The fraction of sp³-hybridized carbons (Fsp3) is 0.222. The molecule has 2 N–H and O–H groups in total. The molecule has 1 aromatic heterocycles. The molecule has 2 rings (SSSR count). The molecule has 0 aliphatic rings. The summed E-state index contributed by atoms with van der Waals surface area (Å²) in [6.45, 7) is 1.12. The Morgan fingerprint density at radius 3 is 2.71 bits per heavy atom. The average Bonchev–Trinajstić information content (AvgIpc) is 2.68. The van der Waals surface area contributed by atoms with Gasteiger partial charge in [-0.25, -0.2) is 0 Å². The van der Waals surface area contributed by atoms with Crippen LogP contribution in [0, 0.1) is 0 Å². The molecule has 0 saturated heterocycles. The van der Waals surface area contributed by atoms with Crippen molar-refractivity contribution in [3.8, 4) is 11.4 Å². The van der Waals surface area contributed by atoms with Gasteiger partial charge in [-0.1, -0.05) is 30.3 Å². The van der Waals surface area contributed by atoms with E-state index >= 15 is 0 Å². The van der Waals surface area contributed by atoms with Crippen molar-refractivity contribution in [2.75, 3.05) is 6.54 Å². The van der Waals surface area contributed by atoms with Crippen LogP contribution in [0.1, 0.15) is 0 Å². The highest BCUT2D eigenvalue weighted by Gasteiger charge is 2.03. The van der Waals surface area contributed by atoms with Gasteiger partial charge < -0.3 is 5.73 Å². The highest BCUT2D eigenvalue weighted by Crippen LogP contribution is 2.11. The molecule has 0 unspecified atom stereocenters. The SMILES string of the molecule is NCCn1nnc(-c2ccccc2)n1. The molecule has 2 aromatic rings. The molecule has 14 heavy (non-hydrogen) atoms. The highest BCUT2D eigenvalue weighted by molar-refractivity contribution is 5.52. The first-order chi connectivity index (χ1) is 6.90. The summed E-state index contributed by atoms with van der Waals surface area (Å²) in [7, 11) is 0. The monoisotopic (exact) mass is 189 g/mol. The number of nitrogens with zero attached hydrogens (tertiary/aromatic N) is 4. The Bertz CT molecular complexity index is 395. The van der Waals surface area contributed by atoms with Gasteiger partial charge >= 0.3 is 0 Å². The minimum Gasteiger partial charge on any atom is -0.329 e. The number of tetrazole rings is 1. The summed E-state index contributed by atoms with van der Waals surface area (Å²) in [5.74, 6) is 0.638. The van der Waals surface area contributed by atoms with Gasteiger partial charge in [0.2, 0.25) is 5.82 Å². The van der Waals surface area contributed by atoms with Crippen molar-refractivity contribution in [2.24, 2.45) is 5.73 Å². The Morgan fingerprint density at radius 2 is 2.00 bits per heavy atom. The predicted octanol–water partition coefficient (Wildman–Crippen LogP) is 0.299. The Balaban J connectivity index is 2.25. The van der Waals surface area contributed by atoms with Gasteiger partial charge in [0, 0.05) is 12.1 Å². The van der Waals surface area contributed by atoms with Crippen LogP contribution in [-0.4, -0.2) is 26.8 Å². The lowest BCUT2D eigenvalue weighted by Crippen LogP contribution is -2.12. The van der Waals surface area contributed by atoms with Crippen LogP contribution in [-0.2, 0) is 6.54 Å². The average molecular weight is 189 g/mol. The number of hydrogen-bond donors (Lipinski definition) is 1. The largest absolute Gasteiger partial charge is 0.329 e. The smallest absolute Gasteiger partial charge is 0.204 e. The van der Waals surface area contributed by atoms with E-state index in [4.69, 9.17) is 5.73 Å². The van der Waals surface area contributed by atoms with Gasteiger partial charge in [-0.15, -0.1) is 10.2 Å². The minimum absolute atomic E-state index is 0.518. The molecule has 1 heterocycles. The highest BCUT2D eigenvalue weighted by atomic mass is 15.6. The van der Waals surface area contributed by atoms with Crippen molar-refractivity contribution in [1.82, 2.24) is 20.2 Å². The Hall–Kier alpha value is -1.75. The summed E-state index contributed by atoms with van der Waals surface area (Å²) >= 11 is 0. The van der Waals surface area contributed by atoms with E-state index in [1.807, 2.05) is 30.3 Å². The zero-order chi connectivity index (χ0) is 9.80. The van der Waals surface area contributed by atoms with Gasteiger partial charge in [-0.3, -0.25) is 0 Å². The molecule has 1 aromatic carbocycles. The normalized spacial score (nSPS) is 10.4. The second kappa shape index (κ2) is 3.97. The second-order valence-electron chi connectivity index (χ2n) is 2.86. The van der Waals surface area contributed by atoms with Crippen molar-refractivity contribution in [3.05, 3.63) is 30.3 Å². The van der Waals surface area contributed by atoms with E-state index in [0.29, 0.717) is 18.9 Å². The molecule has 5 heteroatoms.